The van der Waals surface area contributed by atoms with Gasteiger partial charge in [0.15, 0.2) is 15.4 Å². The van der Waals surface area contributed by atoms with Gasteiger partial charge in [-0.1, -0.05) is 12.1 Å². The van der Waals surface area contributed by atoms with Crippen LogP contribution in [0.15, 0.2) is 34.3 Å². The van der Waals surface area contributed by atoms with Crippen LogP contribution in [-0.4, -0.2) is 78.6 Å². The number of hydrogen-bond donors (Lipinski definition) is 1. The number of nitrogens with zero attached hydrogens (tertiary/aromatic N) is 3. The molecule has 3 rings (SSSR count). The van der Waals surface area contributed by atoms with Crippen LogP contribution in [-0.2, 0) is 24.1 Å². The van der Waals surface area contributed by atoms with E-state index in [0.29, 0.717) is 25.3 Å². The molecule has 33 heavy (non-hydrogen) atoms. The summed E-state index contributed by atoms with van der Waals surface area (Å²) in [7, 11) is -3.43. The van der Waals surface area contributed by atoms with E-state index in [2.05, 4.69) is 5.10 Å². The summed E-state index contributed by atoms with van der Waals surface area (Å²) < 4.78 is 34.3. The van der Waals surface area contributed by atoms with Crippen LogP contribution in [0.3, 0.4) is 0 Å². The van der Waals surface area contributed by atoms with Gasteiger partial charge in [0.1, 0.15) is 11.3 Å². The standard InChI is InChI=1S/C22H31N3O7S/c1-21(2,3)32-20(27)25(28)22(4)18(16-6-8-17(9-7-16)33(5,29)30)23-24(19(22)26)14-15-10-12-31-13-11-15/h6-9,15,28H,10-14H2,1-5H3. The van der Waals surface area contributed by atoms with E-state index in [1.165, 1.54) is 36.2 Å². The molecule has 2 aliphatic heterocycles. The van der Waals surface area contributed by atoms with Crippen molar-refractivity contribution in [3.63, 3.8) is 0 Å². The number of amides is 2. The van der Waals surface area contributed by atoms with Gasteiger partial charge >= 0.3 is 6.09 Å². The number of hydrazone groups is 1. The largest absolute Gasteiger partial charge is 0.442 e. The molecule has 1 fully saturated rings. The van der Waals surface area contributed by atoms with E-state index < -0.39 is 33.0 Å². The van der Waals surface area contributed by atoms with Crippen LogP contribution in [0.25, 0.3) is 0 Å². The first-order valence-corrected chi connectivity index (χ1v) is 12.6. The highest BCUT2D eigenvalue weighted by Crippen LogP contribution is 2.32. The van der Waals surface area contributed by atoms with Crippen molar-refractivity contribution in [3.05, 3.63) is 29.8 Å². The maximum Gasteiger partial charge on any atom is 0.435 e. The third kappa shape index (κ3) is 5.36. The van der Waals surface area contributed by atoms with E-state index in [1.54, 1.807) is 20.8 Å². The molecule has 0 saturated carbocycles. The average Bonchev–Trinajstić information content (AvgIpc) is 2.98. The molecule has 2 heterocycles. The summed E-state index contributed by atoms with van der Waals surface area (Å²) >= 11 is 0. The molecular formula is C22H31N3O7S. The number of hydroxylamine groups is 2. The van der Waals surface area contributed by atoms with Crippen molar-refractivity contribution in [3.8, 4) is 0 Å². The van der Waals surface area contributed by atoms with E-state index >= 15 is 0 Å². The Hall–Kier alpha value is -2.50. The number of ether oxygens (including phenoxy) is 2. The lowest BCUT2D eigenvalue weighted by Gasteiger charge is -2.34. The second-order valence-electron chi connectivity index (χ2n) is 9.55. The summed E-state index contributed by atoms with van der Waals surface area (Å²) in [5, 5.41) is 16.9. The van der Waals surface area contributed by atoms with Crippen LogP contribution in [0.4, 0.5) is 4.79 Å². The van der Waals surface area contributed by atoms with Crippen molar-refractivity contribution in [1.29, 1.82) is 0 Å². The summed E-state index contributed by atoms with van der Waals surface area (Å²) in [5.74, 6) is -0.416. The fraction of sp³-hybridized carbons (Fsp3) is 0.591. The summed E-state index contributed by atoms with van der Waals surface area (Å²) in [6, 6.07) is 5.80. The Morgan fingerprint density at radius 3 is 2.36 bits per heavy atom. The normalized spacial score (nSPS) is 22.3. The summed E-state index contributed by atoms with van der Waals surface area (Å²) in [6.07, 6.45) is 1.54. The van der Waals surface area contributed by atoms with Crippen molar-refractivity contribution < 1.29 is 32.7 Å². The van der Waals surface area contributed by atoms with Gasteiger partial charge < -0.3 is 9.47 Å². The van der Waals surface area contributed by atoms with Gasteiger partial charge in [0.2, 0.25) is 0 Å². The molecule has 1 atom stereocenters. The van der Waals surface area contributed by atoms with E-state index in [9.17, 15) is 23.2 Å². The lowest BCUT2D eigenvalue weighted by atomic mass is 9.89. The minimum absolute atomic E-state index is 0.102. The van der Waals surface area contributed by atoms with Gasteiger partial charge in [-0.15, -0.1) is 0 Å². The molecule has 0 aliphatic carbocycles. The molecule has 1 saturated heterocycles. The Kier molecular flexibility index (Phi) is 6.88. The van der Waals surface area contributed by atoms with Crippen LogP contribution < -0.4 is 0 Å². The van der Waals surface area contributed by atoms with E-state index in [-0.39, 0.29) is 21.6 Å². The fourth-order valence-electron chi connectivity index (χ4n) is 3.79. The van der Waals surface area contributed by atoms with Crippen molar-refractivity contribution in [2.45, 2.75) is 56.6 Å². The number of hydrogen-bond acceptors (Lipinski definition) is 8. The third-order valence-corrected chi connectivity index (χ3v) is 6.78. The van der Waals surface area contributed by atoms with Crippen molar-refractivity contribution >= 4 is 27.5 Å². The third-order valence-electron chi connectivity index (χ3n) is 5.65. The van der Waals surface area contributed by atoms with Gasteiger partial charge in [0.05, 0.1) is 4.90 Å². The number of carbonyl (C=O) groups is 2. The van der Waals surface area contributed by atoms with Gasteiger partial charge in [-0.3, -0.25) is 10.0 Å². The minimum atomic E-state index is -3.43. The predicted molar refractivity (Wildman–Crippen MR) is 120 cm³/mol. The Balaban J connectivity index is 2.00. The molecule has 1 aromatic rings. The SMILES string of the molecule is CC(C)(C)OC(=O)N(O)C1(C)C(=O)N(CC2CCOCC2)N=C1c1ccc(S(C)(=O)=O)cc1. The molecule has 182 valence electrons. The van der Waals surface area contributed by atoms with Crippen molar-refractivity contribution in [2.24, 2.45) is 11.0 Å². The molecule has 1 unspecified atom stereocenters. The van der Waals surface area contributed by atoms with Crippen LogP contribution in [0, 0.1) is 5.92 Å². The van der Waals surface area contributed by atoms with Gasteiger partial charge in [-0.25, -0.2) is 18.2 Å². The van der Waals surface area contributed by atoms with Crippen LogP contribution in [0.2, 0.25) is 0 Å². The molecule has 10 nitrogen and oxygen atoms in total. The highest BCUT2D eigenvalue weighted by molar-refractivity contribution is 7.90. The number of rotatable bonds is 5. The Morgan fingerprint density at radius 2 is 1.85 bits per heavy atom. The van der Waals surface area contributed by atoms with Crippen molar-refractivity contribution in [1.82, 2.24) is 10.1 Å². The number of carbonyl (C=O) groups excluding carboxylic acids is 2. The first-order chi connectivity index (χ1) is 15.2. The highest BCUT2D eigenvalue weighted by Gasteiger charge is 2.55. The van der Waals surface area contributed by atoms with E-state index in [4.69, 9.17) is 9.47 Å². The molecular weight excluding hydrogens is 450 g/mol. The zero-order valence-corrected chi connectivity index (χ0v) is 20.4. The molecule has 0 radical (unpaired) electrons. The molecule has 0 aromatic heterocycles. The summed E-state index contributed by atoms with van der Waals surface area (Å²) in [5.41, 5.74) is -2.24. The molecule has 2 aliphatic rings. The molecule has 11 heteroatoms. The summed E-state index contributed by atoms with van der Waals surface area (Å²) in [6.45, 7) is 7.84. The Labute approximate surface area is 194 Å². The van der Waals surface area contributed by atoms with Gasteiger partial charge in [-0.05, 0) is 58.6 Å². The Bertz CT molecular complexity index is 1040. The topological polar surface area (TPSA) is 126 Å². The van der Waals surface area contributed by atoms with Crippen molar-refractivity contribution in [2.75, 3.05) is 26.0 Å². The average molecular weight is 482 g/mol. The second-order valence-corrected chi connectivity index (χ2v) is 11.6. The van der Waals surface area contributed by atoms with Gasteiger partial charge in [0.25, 0.3) is 5.91 Å². The van der Waals surface area contributed by atoms with Crippen LogP contribution in [0.5, 0.6) is 0 Å². The zero-order valence-electron chi connectivity index (χ0n) is 19.6. The van der Waals surface area contributed by atoms with Crippen LogP contribution >= 0.6 is 0 Å². The zero-order chi connectivity index (χ0) is 24.6. The quantitative estimate of drug-likeness (QED) is 0.506. The molecule has 2 amide bonds. The van der Waals surface area contributed by atoms with E-state index in [0.717, 1.165) is 19.1 Å². The lowest BCUT2D eigenvalue weighted by molar-refractivity contribution is -0.163. The number of benzene rings is 1. The fourth-order valence-corrected chi connectivity index (χ4v) is 4.42. The molecule has 1 aromatic carbocycles. The minimum Gasteiger partial charge on any atom is -0.442 e. The maximum absolute atomic E-state index is 13.5. The molecule has 1 N–H and O–H groups in total. The molecule has 0 bridgehead atoms. The van der Waals surface area contributed by atoms with Gasteiger partial charge in [0, 0.05) is 31.6 Å². The van der Waals surface area contributed by atoms with Crippen LogP contribution in [0.1, 0.15) is 46.1 Å². The first-order valence-electron chi connectivity index (χ1n) is 10.7. The van der Waals surface area contributed by atoms with E-state index in [1.807, 2.05) is 0 Å². The maximum atomic E-state index is 13.5. The lowest BCUT2D eigenvalue weighted by Crippen LogP contribution is -2.59. The number of sulfone groups is 1. The van der Waals surface area contributed by atoms with Gasteiger partial charge in [-0.2, -0.15) is 10.2 Å². The Morgan fingerprint density at radius 1 is 1.27 bits per heavy atom. The predicted octanol–water partition coefficient (Wildman–Crippen LogP) is 2.45. The smallest absolute Gasteiger partial charge is 0.435 e. The molecule has 0 spiro atoms. The monoisotopic (exact) mass is 481 g/mol. The summed E-state index contributed by atoms with van der Waals surface area (Å²) in [4.78, 5) is 26.3. The first kappa shape index (κ1) is 25.1. The second kappa shape index (κ2) is 9.03. The highest BCUT2D eigenvalue weighted by atomic mass is 32.2.